The average Bonchev–Trinajstić information content (AvgIpc) is 2.48. The summed E-state index contributed by atoms with van der Waals surface area (Å²) in [6, 6.07) is 11.6. The molecule has 0 fully saturated rings. The lowest BCUT2D eigenvalue weighted by molar-refractivity contribution is 0.462. The molecule has 0 radical (unpaired) electrons. The van der Waals surface area contributed by atoms with Crippen molar-refractivity contribution in [2.24, 2.45) is 0 Å². The molecule has 4 heteroatoms. The van der Waals surface area contributed by atoms with Crippen LogP contribution >= 0.6 is 23.4 Å². The fourth-order valence-corrected chi connectivity index (χ4v) is 3.75. The Morgan fingerprint density at radius 3 is 2.90 bits per heavy atom. The van der Waals surface area contributed by atoms with E-state index in [1.165, 1.54) is 0 Å². The average molecular weight is 318 g/mol. The summed E-state index contributed by atoms with van der Waals surface area (Å²) >= 11 is 7.76. The van der Waals surface area contributed by atoms with E-state index in [9.17, 15) is 5.11 Å². The first-order valence-corrected chi connectivity index (χ1v) is 8.05. The van der Waals surface area contributed by atoms with Crippen molar-refractivity contribution in [2.45, 2.75) is 16.2 Å². The summed E-state index contributed by atoms with van der Waals surface area (Å²) in [5.41, 5.74) is 3.36. The predicted molar refractivity (Wildman–Crippen MR) is 89.3 cm³/mol. The van der Waals surface area contributed by atoms with Gasteiger partial charge < -0.3 is 10.4 Å². The first kappa shape index (κ1) is 14.5. The van der Waals surface area contributed by atoms with Gasteiger partial charge in [0.25, 0.3) is 0 Å². The molecule has 0 aromatic heterocycles. The zero-order valence-electron chi connectivity index (χ0n) is 11.7. The number of hydrogen-bond acceptors (Lipinski definition) is 3. The van der Waals surface area contributed by atoms with E-state index in [1.807, 2.05) is 31.3 Å². The largest absolute Gasteiger partial charge is 0.507 e. The van der Waals surface area contributed by atoms with E-state index in [4.69, 9.17) is 11.6 Å². The first-order valence-electron chi connectivity index (χ1n) is 6.85. The van der Waals surface area contributed by atoms with Gasteiger partial charge in [-0.2, -0.15) is 0 Å². The molecule has 21 heavy (non-hydrogen) atoms. The van der Waals surface area contributed by atoms with E-state index >= 15 is 0 Å². The monoisotopic (exact) mass is 317 g/mol. The van der Waals surface area contributed by atoms with Crippen molar-refractivity contribution < 1.29 is 5.11 Å². The van der Waals surface area contributed by atoms with Crippen LogP contribution in [0.15, 0.2) is 52.3 Å². The molecule has 1 aliphatic rings. The number of phenols is 1. The van der Waals surface area contributed by atoms with Gasteiger partial charge in [0.15, 0.2) is 0 Å². The maximum atomic E-state index is 10.1. The van der Waals surface area contributed by atoms with Gasteiger partial charge in [0.05, 0.1) is 4.90 Å². The summed E-state index contributed by atoms with van der Waals surface area (Å²) in [7, 11) is 1.94. The molecule has 1 aliphatic heterocycles. The molecule has 2 nitrogen and oxygen atoms in total. The van der Waals surface area contributed by atoms with Crippen molar-refractivity contribution >= 4 is 28.9 Å². The van der Waals surface area contributed by atoms with Crippen LogP contribution in [0.25, 0.3) is 5.57 Å². The van der Waals surface area contributed by atoms with Crippen LogP contribution in [0.4, 0.5) is 0 Å². The second-order valence-corrected chi connectivity index (χ2v) is 6.40. The normalized spacial score (nSPS) is 14.9. The smallest absolute Gasteiger partial charge is 0.130 e. The Morgan fingerprint density at radius 1 is 1.24 bits per heavy atom. The Morgan fingerprint density at radius 2 is 2.10 bits per heavy atom. The van der Waals surface area contributed by atoms with Gasteiger partial charge in [-0.05, 0) is 61.0 Å². The third-order valence-electron chi connectivity index (χ3n) is 3.47. The predicted octanol–water partition coefficient (Wildman–Crippen LogP) is 4.55. The van der Waals surface area contributed by atoms with Gasteiger partial charge in [-0.25, -0.2) is 0 Å². The molecule has 0 amide bonds. The fraction of sp³-hybridized carbons (Fsp3) is 0.176. The first-order chi connectivity index (χ1) is 10.2. The molecule has 0 spiro atoms. The van der Waals surface area contributed by atoms with Gasteiger partial charge in [-0.15, -0.1) is 0 Å². The Balaban J connectivity index is 2.15. The molecule has 0 saturated heterocycles. The lowest BCUT2D eigenvalue weighted by Crippen LogP contribution is -2.07. The molecule has 0 saturated carbocycles. The highest BCUT2D eigenvalue weighted by Gasteiger charge is 2.23. The van der Waals surface area contributed by atoms with Crippen LogP contribution in [-0.4, -0.2) is 18.7 Å². The summed E-state index contributed by atoms with van der Waals surface area (Å²) in [5.74, 6) is 0.331. The molecule has 0 atom stereocenters. The number of aromatic hydroxyl groups is 1. The molecular formula is C17H16ClNOS. The fourth-order valence-electron chi connectivity index (χ4n) is 2.48. The highest BCUT2D eigenvalue weighted by molar-refractivity contribution is 7.99. The third-order valence-corrected chi connectivity index (χ3v) is 4.92. The van der Waals surface area contributed by atoms with E-state index in [1.54, 1.807) is 17.8 Å². The molecular weight excluding hydrogens is 302 g/mol. The topological polar surface area (TPSA) is 32.3 Å². The molecule has 0 bridgehead atoms. The van der Waals surface area contributed by atoms with Gasteiger partial charge in [-0.3, -0.25) is 0 Å². The number of rotatable bonds is 3. The van der Waals surface area contributed by atoms with E-state index in [0.717, 1.165) is 44.5 Å². The number of nitrogens with one attached hydrogen (secondary N) is 1. The van der Waals surface area contributed by atoms with Crippen LogP contribution in [0.5, 0.6) is 5.75 Å². The minimum atomic E-state index is 0.331. The van der Waals surface area contributed by atoms with Crippen molar-refractivity contribution in [3.63, 3.8) is 0 Å². The lowest BCUT2D eigenvalue weighted by Gasteiger charge is -2.23. The SMILES string of the molecule is CNCCC=C1c2cc(Cl)ccc2Sc2c(O)cccc21. The Labute approximate surface area is 133 Å². The molecule has 1 heterocycles. The molecule has 2 aromatic carbocycles. The summed E-state index contributed by atoms with van der Waals surface area (Å²) in [6.45, 7) is 0.917. The molecule has 0 unspecified atom stereocenters. The van der Waals surface area contributed by atoms with E-state index in [-0.39, 0.29) is 0 Å². The summed E-state index contributed by atoms with van der Waals surface area (Å²) in [4.78, 5) is 2.05. The Bertz CT molecular complexity index is 708. The third kappa shape index (κ3) is 2.82. The number of benzene rings is 2. The maximum absolute atomic E-state index is 10.1. The molecule has 3 rings (SSSR count). The zero-order chi connectivity index (χ0) is 14.8. The Kier molecular flexibility index (Phi) is 4.24. The Hall–Kier alpha value is -1.42. The summed E-state index contributed by atoms with van der Waals surface area (Å²) in [5, 5.41) is 14.0. The van der Waals surface area contributed by atoms with E-state index in [0.29, 0.717) is 5.75 Å². The van der Waals surface area contributed by atoms with Gasteiger partial charge in [-0.1, -0.05) is 41.6 Å². The summed E-state index contributed by atoms with van der Waals surface area (Å²) < 4.78 is 0. The summed E-state index contributed by atoms with van der Waals surface area (Å²) in [6.07, 6.45) is 3.14. The number of hydrogen-bond donors (Lipinski definition) is 2. The second-order valence-electron chi connectivity index (χ2n) is 4.91. The van der Waals surface area contributed by atoms with E-state index in [2.05, 4.69) is 17.5 Å². The zero-order valence-corrected chi connectivity index (χ0v) is 13.3. The van der Waals surface area contributed by atoms with Crippen molar-refractivity contribution in [3.05, 3.63) is 58.6 Å². The van der Waals surface area contributed by atoms with Gasteiger partial charge in [0, 0.05) is 9.92 Å². The highest BCUT2D eigenvalue weighted by Crippen LogP contribution is 2.49. The number of halogens is 1. The van der Waals surface area contributed by atoms with Crippen LogP contribution in [0.1, 0.15) is 17.5 Å². The quantitative estimate of drug-likeness (QED) is 0.695. The molecule has 2 aromatic rings. The van der Waals surface area contributed by atoms with Crippen molar-refractivity contribution in [1.29, 1.82) is 0 Å². The second kappa shape index (κ2) is 6.14. The van der Waals surface area contributed by atoms with Crippen molar-refractivity contribution in [3.8, 4) is 5.75 Å². The van der Waals surface area contributed by atoms with E-state index < -0.39 is 0 Å². The van der Waals surface area contributed by atoms with Crippen LogP contribution in [0.2, 0.25) is 5.02 Å². The van der Waals surface area contributed by atoms with Crippen LogP contribution in [-0.2, 0) is 0 Å². The van der Waals surface area contributed by atoms with Crippen molar-refractivity contribution in [1.82, 2.24) is 5.32 Å². The standard InChI is InChI=1S/C17H16ClNOS/c1-19-9-3-5-12-13-4-2-6-15(20)17(13)21-16-8-7-11(18)10-14(12)16/h2,4-8,10,19-20H,3,9H2,1H3. The maximum Gasteiger partial charge on any atom is 0.130 e. The van der Waals surface area contributed by atoms with Crippen LogP contribution < -0.4 is 5.32 Å². The minimum Gasteiger partial charge on any atom is -0.507 e. The molecule has 2 N–H and O–H groups in total. The molecule has 0 aliphatic carbocycles. The van der Waals surface area contributed by atoms with Gasteiger partial charge in [0.1, 0.15) is 5.75 Å². The van der Waals surface area contributed by atoms with Gasteiger partial charge in [0.2, 0.25) is 0 Å². The highest BCUT2D eigenvalue weighted by atomic mass is 35.5. The van der Waals surface area contributed by atoms with Crippen molar-refractivity contribution in [2.75, 3.05) is 13.6 Å². The lowest BCUT2D eigenvalue weighted by atomic mass is 9.96. The van der Waals surface area contributed by atoms with Crippen LogP contribution in [0, 0.1) is 0 Å². The van der Waals surface area contributed by atoms with Gasteiger partial charge >= 0.3 is 0 Å². The number of phenolic OH excluding ortho intramolecular Hbond substituents is 1. The number of fused-ring (bicyclic) bond motifs is 2. The molecule has 108 valence electrons. The van der Waals surface area contributed by atoms with Crippen LogP contribution in [0.3, 0.4) is 0 Å². The minimum absolute atomic E-state index is 0.331.